The molecule has 2 rings (SSSR count). The lowest BCUT2D eigenvalue weighted by molar-refractivity contribution is -0.154. The highest BCUT2D eigenvalue weighted by molar-refractivity contribution is 9.10. The van der Waals surface area contributed by atoms with E-state index in [1.807, 2.05) is 24.3 Å². The van der Waals surface area contributed by atoms with Crippen molar-refractivity contribution < 1.29 is 14.3 Å². The summed E-state index contributed by atoms with van der Waals surface area (Å²) < 4.78 is 6.22. The van der Waals surface area contributed by atoms with Gasteiger partial charge in [0, 0.05) is 10.5 Å². The molecule has 126 valence electrons. The minimum absolute atomic E-state index is 0.171. The van der Waals surface area contributed by atoms with E-state index in [4.69, 9.17) is 4.74 Å². The second-order valence-corrected chi connectivity index (χ2v) is 7.23. The topological polar surface area (TPSA) is 55.4 Å². The van der Waals surface area contributed by atoms with E-state index >= 15 is 0 Å². The Balaban J connectivity index is 1.80. The van der Waals surface area contributed by atoms with Crippen LogP contribution in [0.2, 0.25) is 0 Å². The summed E-state index contributed by atoms with van der Waals surface area (Å²) in [5, 5.41) is 3.02. The van der Waals surface area contributed by atoms with Gasteiger partial charge in [-0.05, 0) is 43.4 Å². The third kappa shape index (κ3) is 5.65. The molecule has 0 radical (unpaired) electrons. The van der Waals surface area contributed by atoms with Gasteiger partial charge in [0.1, 0.15) is 0 Å². The summed E-state index contributed by atoms with van der Waals surface area (Å²) in [6, 6.07) is 7.68. The maximum absolute atomic E-state index is 12.2. The molecule has 0 aromatic heterocycles. The zero-order chi connectivity index (χ0) is 16.8. The van der Waals surface area contributed by atoms with Gasteiger partial charge in [0.05, 0.1) is 6.42 Å². The number of nitrogens with one attached hydrogen (secondary N) is 1. The van der Waals surface area contributed by atoms with Gasteiger partial charge < -0.3 is 10.1 Å². The first-order valence-electron chi connectivity index (χ1n) is 8.20. The minimum Gasteiger partial charge on any atom is -0.452 e. The minimum atomic E-state index is -0.757. The fourth-order valence-corrected chi connectivity index (χ4v) is 3.16. The Labute approximate surface area is 146 Å². The largest absolute Gasteiger partial charge is 0.452 e. The van der Waals surface area contributed by atoms with Crippen LogP contribution in [-0.2, 0) is 20.7 Å². The van der Waals surface area contributed by atoms with E-state index in [2.05, 4.69) is 28.2 Å². The number of carbonyl (C=O) groups is 2. The Morgan fingerprint density at radius 2 is 1.91 bits per heavy atom. The van der Waals surface area contributed by atoms with Crippen molar-refractivity contribution in [3.8, 4) is 0 Å². The molecule has 1 fully saturated rings. The summed E-state index contributed by atoms with van der Waals surface area (Å²) in [6.45, 7) is 3.79. The number of benzene rings is 1. The first-order chi connectivity index (χ1) is 11.0. The fraction of sp³-hybridized carbons (Fsp3) is 0.556. The fourth-order valence-electron chi connectivity index (χ4n) is 2.89. The highest BCUT2D eigenvalue weighted by atomic mass is 79.9. The van der Waals surface area contributed by atoms with Crippen molar-refractivity contribution in [2.24, 2.45) is 5.92 Å². The van der Waals surface area contributed by atoms with Crippen LogP contribution in [0.4, 0.5) is 0 Å². The Morgan fingerprint density at radius 3 is 2.57 bits per heavy atom. The van der Waals surface area contributed by atoms with E-state index in [0.29, 0.717) is 5.92 Å². The van der Waals surface area contributed by atoms with Crippen molar-refractivity contribution in [2.75, 3.05) is 0 Å². The van der Waals surface area contributed by atoms with Crippen LogP contribution >= 0.6 is 15.9 Å². The van der Waals surface area contributed by atoms with Crippen LogP contribution < -0.4 is 5.32 Å². The molecule has 3 atom stereocenters. The summed E-state index contributed by atoms with van der Waals surface area (Å²) in [7, 11) is 0. The van der Waals surface area contributed by atoms with Crippen LogP contribution in [0.5, 0.6) is 0 Å². The zero-order valence-corrected chi connectivity index (χ0v) is 15.3. The van der Waals surface area contributed by atoms with Gasteiger partial charge in [-0.15, -0.1) is 0 Å². The van der Waals surface area contributed by atoms with Gasteiger partial charge in [0.25, 0.3) is 5.91 Å². The first-order valence-corrected chi connectivity index (χ1v) is 8.99. The molecule has 0 spiro atoms. The van der Waals surface area contributed by atoms with Gasteiger partial charge in [-0.1, -0.05) is 47.8 Å². The molecule has 1 aromatic carbocycles. The number of halogens is 1. The number of amides is 1. The number of rotatable bonds is 5. The van der Waals surface area contributed by atoms with Crippen LogP contribution in [0, 0.1) is 5.92 Å². The number of carbonyl (C=O) groups excluding carboxylic acids is 2. The van der Waals surface area contributed by atoms with Gasteiger partial charge in [0.15, 0.2) is 6.10 Å². The summed E-state index contributed by atoms with van der Waals surface area (Å²) >= 11 is 3.35. The van der Waals surface area contributed by atoms with Crippen LogP contribution in [0.25, 0.3) is 0 Å². The second-order valence-electron chi connectivity index (χ2n) is 6.31. The van der Waals surface area contributed by atoms with Crippen LogP contribution in [0.15, 0.2) is 28.7 Å². The van der Waals surface area contributed by atoms with E-state index < -0.39 is 6.10 Å². The lowest BCUT2D eigenvalue weighted by Gasteiger charge is -2.30. The quantitative estimate of drug-likeness (QED) is 0.792. The predicted octanol–water partition coefficient (Wildman–Crippen LogP) is 3.62. The summed E-state index contributed by atoms with van der Waals surface area (Å²) in [5.74, 6) is -0.0991. The van der Waals surface area contributed by atoms with Crippen molar-refractivity contribution in [1.29, 1.82) is 0 Å². The maximum Gasteiger partial charge on any atom is 0.311 e. The van der Waals surface area contributed by atoms with Gasteiger partial charge >= 0.3 is 5.97 Å². The average Bonchev–Trinajstić information content (AvgIpc) is 2.51. The normalized spacial score (nSPS) is 22.2. The van der Waals surface area contributed by atoms with Crippen molar-refractivity contribution in [2.45, 2.75) is 58.1 Å². The molecule has 4 nitrogen and oxygen atoms in total. The SMILES string of the molecule is C[C@H](OC(=O)Cc1ccc(Br)cc1)C(=O)N[C@H]1CCCC[C@H]1C. The van der Waals surface area contributed by atoms with Crippen LogP contribution in [0.1, 0.15) is 45.1 Å². The van der Waals surface area contributed by atoms with Gasteiger partial charge in [0.2, 0.25) is 0 Å². The number of esters is 1. The third-order valence-electron chi connectivity index (χ3n) is 4.38. The Morgan fingerprint density at radius 1 is 1.26 bits per heavy atom. The summed E-state index contributed by atoms with van der Waals surface area (Å²) in [6.07, 6.45) is 3.94. The molecule has 0 heterocycles. The monoisotopic (exact) mass is 381 g/mol. The molecule has 1 aliphatic carbocycles. The molecule has 0 saturated heterocycles. The molecule has 5 heteroatoms. The number of ether oxygens (including phenoxy) is 1. The maximum atomic E-state index is 12.2. The van der Waals surface area contributed by atoms with Crippen LogP contribution in [-0.4, -0.2) is 24.0 Å². The van der Waals surface area contributed by atoms with Gasteiger partial charge in [-0.25, -0.2) is 0 Å². The van der Waals surface area contributed by atoms with Crippen molar-refractivity contribution in [1.82, 2.24) is 5.32 Å². The van der Waals surface area contributed by atoms with Crippen molar-refractivity contribution in [3.05, 3.63) is 34.3 Å². The second kappa shape index (κ2) is 8.48. The Kier molecular flexibility index (Phi) is 6.63. The van der Waals surface area contributed by atoms with Gasteiger partial charge in [-0.3, -0.25) is 9.59 Å². The molecule has 23 heavy (non-hydrogen) atoms. The highest BCUT2D eigenvalue weighted by Gasteiger charge is 2.26. The van der Waals surface area contributed by atoms with E-state index in [1.54, 1.807) is 6.92 Å². The van der Waals surface area contributed by atoms with Crippen LogP contribution in [0.3, 0.4) is 0 Å². The average molecular weight is 382 g/mol. The molecule has 0 unspecified atom stereocenters. The van der Waals surface area contributed by atoms with E-state index in [1.165, 1.54) is 6.42 Å². The molecule has 1 aliphatic rings. The molecule has 0 aliphatic heterocycles. The Hall–Kier alpha value is -1.36. The van der Waals surface area contributed by atoms with Crippen molar-refractivity contribution in [3.63, 3.8) is 0 Å². The molecule has 1 N–H and O–H groups in total. The van der Waals surface area contributed by atoms with E-state index in [0.717, 1.165) is 29.3 Å². The summed E-state index contributed by atoms with van der Waals surface area (Å²) in [5.41, 5.74) is 0.867. The summed E-state index contributed by atoms with van der Waals surface area (Å²) in [4.78, 5) is 24.1. The lowest BCUT2D eigenvalue weighted by atomic mass is 9.86. The standard InChI is InChI=1S/C18H24BrNO3/c1-12-5-3-4-6-16(12)20-18(22)13(2)23-17(21)11-14-7-9-15(19)10-8-14/h7-10,12-13,16H,3-6,11H2,1-2H3,(H,20,22)/t12-,13+,16+/m1/s1. The number of hydrogen-bond donors (Lipinski definition) is 1. The molecule has 1 aromatic rings. The van der Waals surface area contributed by atoms with E-state index in [-0.39, 0.29) is 24.3 Å². The van der Waals surface area contributed by atoms with Gasteiger partial charge in [-0.2, -0.15) is 0 Å². The smallest absolute Gasteiger partial charge is 0.311 e. The molecular formula is C18H24BrNO3. The van der Waals surface area contributed by atoms with E-state index in [9.17, 15) is 9.59 Å². The third-order valence-corrected chi connectivity index (χ3v) is 4.91. The molecule has 0 bridgehead atoms. The Bertz CT molecular complexity index is 544. The predicted molar refractivity (Wildman–Crippen MR) is 93.0 cm³/mol. The number of hydrogen-bond acceptors (Lipinski definition) is 3. The first kappa shape index (κ1) is 18.0. The molecule has 1 saturated carbocycles. The lowest BCUT2D eigenvalue weighted by Crippen LogP contribution is -2.46. The molecule has 1 amide bonds. The molecular weight excluding hydrogens is 358 g/mol. The highest BCUT2D eigenvalue weighted by Crippen LogP contribution is 2.23. The van der Waals surface area contributed by atoms with Crippen molar-refractivity contribution >= 4 is 27.8 Å². The zero-order valence-electron chi connectivity index (χ0n) is 13.7.